The molecule has 2 amide bonds. The molecule has 0 aromatic rings. The third-order valence-electron chi connectivity index (χ3n) is 4.04. The van der Waals surface area contributed by atoms with Crippen LogP contribution in [0.15, 0.2) is 0 Å². The second-order valence-electron chi connectivity index (χ2n) is 6.70. The Labute approximate surface area is 189 Å². The molecule has 0 aromatic heterocycles. The molecule has 31 heavy (non-hydrogen) atoms. The highest BCUT2D eigenvalue weighted by atomic mass is 32.1. The van der Waals surface area contributed by atoms with E-state index in [0.717, 1.165) is 0 Å². The molecule has 0 saturated heterocycles. The highest BCUT2D eigenvalue weighted by Gasteiger charge is 2.17. The fourth-order valence-electron chi connectivity index (χ4n) is 2.24. The molecule has 0 aliphatic heterocycles. The van der Waals surface area contributed by atoms with Crippen LogP contribution in [0.5, 0.6) is 0 Å². The third kappa shape index (κ3) is 18.9. The summed E-state index contributed by atoms with van der Waals surface area (Å²) in [4.78, 5) is 45.4. The molecule has 3 N–H and O–H groups in total. The van der Waals surface area contributed by atoms with Gasteiger partial charge in [0.1, 0.15) is 19.0 Å². The molecule has 1 atom stereocenters. The van der Waals surface area contributed by atoms with Crippen LogP contribution in [0.3, 0.4) is 0 Å². The zero-order valence-corrected chi connectivity index (χ0v) is 19.2. The van der Waals surface area contributed by atoms with E-state index in [2.05, 4.69) is 17.9 Å². The molecule has 180 valence electrons. The number of amides is 2. The summed E-state index contributed by atoms with van der Waals surface area (Å²) >= 11 is 3.98. The largest absolute Gasteiger partial charge is 0.379 e. The van der Waals surface area contributed by atoms with Crippen molar-refractivity contribution in [3.8, 4) is 0 Å². The van der Waals surface area contributed by atoms with E-state index in [-0.39, 0.29) is 56.1 Å². The van der Waals surface area contributed by atoms with E-state index in [1.807, 2.05) is 6.92 Å². The topological polar surface area (TPSA) is 143 Å². The monoisotopic (exact) mass is 464 g/mol. The summed E-state index contributed by atoms with van der Waals surface area (Å²) in [6.45, 7) is 3.94. The van der Waals surface area contributed by atoms with E-state index in [1.165, 1.54) is 0 Å². The number of carbonyl (C=O) groups is 4. The van der Waals surface area contributed by atoms with Crippen LogP contribution in [0.4, 0.5) is 0 Å². The van der Waals surface area contributed by atoms with Gasteiger partial charge >= 0.3 is 0 Å². The van der Waals surface area contributed by atoms with E-state index in [4.69, 9.17) is 24.7 Å². The number of ketones is 2. The SMILES string of the molecule is CCC(=O)CCCOCCOCC(=O)NCCOCCOCC(=O)C[C@H](CS)C(N)=O. The number of hydrogen-bond acceptors (Lipinski definition) is 9. The Kier molecular flexibility index (Phi) is 19.4. The van der Waals surface area contributed by atoms with E-state index in [0.29, 0.717) is 52.2 Å². The molecule has 0 radical (unpaired) electrons. The summed E-state index contributed by atoms with van der Waals surface area (Å²) in [6.07, 6.45) is 1.79. The summed E-state index contributed by atoms with van der Waals surface area (Å²) in [5.41, 5.74) is 5.15. The summed E-state index contributed by atoms with van der Waals surface area (Å²) in [5.74, 6) is -1.17. The standard InChI is InChI=1S/C20H36N2O8S/c1-2-17(23)4-3-6-27-8-11-30-14-19(25)22-5-7-28-9-10-29-13-18(24)12-16(15-31)20(21)26/h16,31H,2-15H2,1H3,(H2,21,26)(H,22,25)/t16-/m1/s1. The minimum Gasteiger partial charge on any atom is -0.379 e. The molecule has 0 unspecified atom stereocenters. The first-order valence-corrected chi connectivity index (χ1v) is 11.0. The Morgan fingerprint density at radius 1 is 0.871 bits per heavy atom. The highest BCUT2D eigenvalue weighted by molar-refractivity contribution is 7.80. The number of primary amides is 1. The van der Waals surface area contributed by atoms with Crippen molar-refractivity contribution >= 4 is 36.0 Å². The number of thiol groups is 1. The first-order valence-electron chi connectivity index (χ1n) is 10.4. The number of nitrogens with one attached hydrogen (secondary N) is 1. The Morgan fingerprint density at radius 3 is 2.10 bits per heavy atom. The first kappa shape index (κ1) is 29.5. The molecule has 0 fully saturated rings. The molecular formula is C20H36N2O8S. The van der Waals surface area contributed by atoms with Gasteiger partial charge in [-0.2, -0.15) is 12.6 Å². The van der Waals surface area contributed by atoms with Crippen molar-refractivity contribution in [1.29, 1.82) is 0 Å². The van der Waals surface area contributed by atoms with Crippen molar-refractivity contribution in [2.45, 2.75) is 32.6 Å². The second kappa shape index (κ2) is 20.4. The van der Waals surface area contributed by atoms with Gasteiger partial charge in [0.25, 0.3) is 0 Å². The molecule has 0 spiro atoms. The number of carbonyl (C=O) groups excluding carboxylic acids is 4. The predicted molar refractivity (Wildman–Crippen MR) is 117 cm³/mol. The number of Topliss-reactive ketones (excluding diaryl/α,β-unsaturated/α-hetero) is 2. The molecule has 11 heteroatoms. The third-order valence-corrected chi connectivity index (χ3v) is 4.49. The lowest BCUT2D eigenvalue weighted by Gasteiger charge is -2.10. The average Bonchev–Trinajstić information content (AvgIpc) is 2.75. The highest BCUT2D eigenvalue weighted by Crippen LogP contribution is 2.05. The van der Waals surface area contributed by atoms with Gasteiger partial charge in [0.05, 0.1) is 39.0 Å². The Bertz CT molecular complexity index is 533. The van der Waals surface area contributed by atoms with E-state index >= 15 is 0 Å². The lowest BCUT2D eigenvalue weighted by Crippen LogP contribution is -2.31. The fourth-order valence-corrected chi connectivity index (χ4v) is 2.55. The predicted octanol–water partition coefficient (Wildman–Crippen LogP) is -0.0812. The maximum absolute atomic E-state index is 11.6. The summed E-state index contributed by atoms with van der Waals surface area (Å²) in [5, 5.41) is 2.65. The van der Waals surface area contributed by atoms with Crippen molar-refractivity contribution in [2.75, 3.05) is 65.2 Å². The van der Waals surface area contributed by atoms with Crippen LogP contribution >= 0.6 is 12.6 Å². The zero-order valence-electron chi connectivity index (χ0n) is 18.3. The van der Waals surface area contributed by atoms with Crippen molar-refractivity contribution in [3.05, 3.63) is 0 Å². The molecule has 0 saturated carbocycles. The van der Waals surface area contributed by atoms with Crippen molar-refractivity contribution in [3.63, 3.8) is 0 Å². The van der Waals surface area contributed by atoms with Crippen molar-refractivity contribution in [2.24, 2.45) is 11.7 Å². The number of nitrogens with two attached hydrogens (primary N) is 1. The smallest absolute Gasteiger partial charge is 0.246 e. The molecule has 0 aromatic carbocycles. The van der Waals surface area contributed by atoms with Crippen LogP contribution in [-0.4, -0.2) is 88.5 Å². The van der Waals surface area contributed by atoms with Gasteiger partial charge in [-0.1, -0.05) is 6.92 Å². The van der Waals surface area contributed by atoms with E-state index in [1.54, 1.807) is 0 Å². The quantitative estimate of drug-likeness (QED) is 0.149. The van der Waals surface area contributed by atoms with Crippen LogP contribution in [0.1, 0.15) is 32.6 Å². The summed E-state index contributed by atoms with van der Waals surface area (Å²) < 4.78 is 21.0. The van der Waals surface area contributed by atoms with Gasteiger partial charge in [0, 0.05) is 38.2 Å². The first-order chi connectivity index (χ1) is 14.9. The van der Waals surface area contributed by atoms with Crippen LogP contribution < -0.4 is 11.1 Å². The minimum absolute atomic E-state index is 0.0138. The Morgan fingerprint density at radius 2 is 1.48 bits per heavy atom. The summed E-state index contributed by atoms with van der Waals surface area (Å²) in [6, 6.07) is 0. The molecule has 0 rings (SSSR count). The fraction of sp³-hybridized carbons (Fsp3) is 0.800. The Hall–Kier alpha value is -1.53. The summed E-state index contributed by atoms with van der Waals surface area (Å²) in [7, 11) is 0. The van der Waals surface area contributed by atoms with Crippen LogP contribution in [-0.2, 0) is 38.1 Å². The van der Waals surface area contributed by atoms with Crippen LogP contribution in [0.25, 0.3) is 0 Å². The van der Waals surface area contributed by atoms with Crippen LogP contribution in [0, 0.1) is 5.92 Å². The second-order valence-corrected chi connectivity index (χ2v) is 7.07. The van der Waals surface area contributed by atoms with E-state index < -0.39 is 11.8 Å². The normalized spacial score (nSPS) is 11.8. The van der Waals surface area contributed by atoms with Gasteiger partial charge in [-0.05, 0) is 6.42 Å². The lowest BCUT2D eigenvalue weighted by atomic mass is 10.0. The van der Waals surface area contributed by atoms with Crippen molar-refractivity contribution < 1.29 is 38.1 Å². The number of hydrogen-bond donors (Lipinski definition) is 3. The Balaban J connectivity index is 3.42. The van der Waals surface area contributed by atoms with Gasteiger partial charge in [-0.25, -0.2) is 0 Å². The average molecular weight is 465 g/mol. The van der Waals surface area contributed by atoms with E-state index in [9.17, 15) is 19.2 Å². The van der Waals surface area contributed by atoms with Crippen LogP contribution in [0.2, 0.25) is 0 Å². The molecule has 10 nitrogen and oxygen atoms in total. The lowest BCUT2D eigenvalue weighted by molar-refractivity contribution is -0.129. The molecular weight excluding hydrogens is 428 g/mol. The molecule has 0 bridgehead atoms. The molecule has 0 aliphatic rings. The minimum atomic E-state index is -0.585. The van der Waals surface area contributed by atoms with Gasteiger partial charge in [0.15, 0.2) is 5.78 Å². The number of ether oxygens (including phenoxy) is 4. The van der Waals surface area contributed by atoms with Crippen molar-refractivity contribution in [1.82, 2.24) is 5.32 Å². The maximum Gasteiger partial charge on any atom is 0.246 e. The number of rotatable bonds is 22. The van der Waals surface area contributed by atoms with Gasteiger partial charge in [-0.3, -0.25) is 19.2 Å². The van der Waals surface area contributed by atoms with Gasteiger partial charge in [0.2, 0.25) is 11.8 Å². The van der Waals surface area contributed by atoms with Gasteiger partial charge in [-0.15, -0.1) is 0 Å². The maximum atomic E-state index is 11.6. The molecule has 0 aliphatic carbocycles. The zero-order chi connectivity index (χ0) is 23.3. The molecule has 0 heterocycles. The van der Waals surface area contributed by atoms with Gasteiger partial charge < -0.3 is 30.0 Å².